The van der Waals surface area contributed by atoms with E-state index in [-0.39, 0.29) is 0 Å². The molecule has 0 radical (unpaired) electrons. The zero-order valence-corrected chi connectivity index (χ0v) is 9.21. The Bertz CT molecular complexity index is 188. The topological polar surface area (TPSA) is 0 Å². The van der Waals surface area contributed by atoms with E-state index in [9.17, 15) is 0 Å². The maximum absolute atomic E-state index is 5.69. The molecule has 0 fully saturated rings. The van der Waals surface area contributed by atoms with Gasteiger partial charge in [-0.15, -0.1) is 11.8 Å². The van der Waals surface area contributed by atoms with Crippen LogP contribution in [0, 0.1) is 0 Å². The van der Waals surface area contributed by atoms with E-state index >= 15 is 0 Å². The molecule has 0 heterocycles. The molecule has 0 nitrogen and oxygen atoms in total. The minimum Gasteiger partial charge on any atom is -0.126 e. The third-order valence-corrected chi connectivity index (χ3v) is 2.53. The molecule has 0 aliphatic rings. The maximum Gasteiger partial charge on any atom is 0.0150 e. The Morgan fingerprint density at radius 3 is 2.58 bits per heavy atom. The van der Waals surface area contributed by atoms with Crippen LogP contribution >= 0.6 is 23.4 Å². The van der Waals surface area contributed by atoms with Crippen LogP contribution in [0.4, 0.5) is 0 Å². The van der Waals surface area contributed by atoms with E-state index in [0.29, 0.717) is 0 Å². The summed E-state index contributed by atoms with van der Waals surface area (Å²) in [5.74, 6) is 1.13. The van der Waals surface area contributed by atoms with Crippen molar-refractivity contribution in [3.05, 3.63) is 34.7 Å². The van der Waals surface area contributed by atoms with Crippen LogP contribution in [-0.4, -0.2) is 5.75 Å². The molecular formula is C10H15ClS. The van der Waals surface area contributed by atoms with Gasteiger partial charge in [-0.3, -0.25) is 0 Å². The Morgan fingerprint density at radius 1 is 1.50 bits per heavy atom. The zero-order valence-electron chi connectivity index (χ0n) is 7.64. The molecule has 0 bridgehead atoms. The maximum atomic E-state index is 5.69. The van der Waals surface area contributed by atoms with Crippen molar-refractivity contribution in [2.24, 2.45) is 0 Å². The summed E-state index contributed by atoms with van der Waals surface area (Å²) in [6, 6.07) is 0. The average Bonchev–Trinajstić information content (AvgIpc) is 2.05. The summed E-state index contributed by atoms with van der Waals surface area (Å²) in [5.41, 5.74) is 0. The monoisotopic (exact) mass is 202 g/mol. The summed E-state index contributed by atoms with van der Waals surface area (Å²) in [6.07, 6.45) is 6.92. The molecule has 0 aromatic rings. The first-order valence-corrected chi connectivity index (χ1v) is 5.36. The highest BCUT2D eigenvalue weighted by atomic mass is 35.5. The van der Waals surface area contributed by atoms with E-state index in [1.165, 1.54) is 11.3 Å². The van der Waals surface area contributed by atoms with Crippen LogP contribution in [0.2, 0.25) is 0 Å². The molecule has 0 aromatic carbocycles. The van der Waals surface area contributed by atoms with Gasteiger partial charge in [0.15, 0.2) is 0 Å². The fraction of sp³-hybridized carbons (Fsp3) is 0.400. The van der Waals surface area contributed by atoms with Gasteiger partial charge in [-0.1, -0.05) is 31.2 Å². The molecule has 12 heavy (non-hydrogen) atoms. The average molecular weight is 203 g/mol. The molecule has 0 aliphatic heterocycles. The van der Waals surface area contributed by atoms with Crippen LogP contribution in [-0.2, 0) is 0 Å². The van der Waals surface area contributed by atoms with Crippen molar-refractivity contribution >= 4 is 23.4 Å². The van der Waals surface area contributed by atoms with Crippen LogP contribution in [0.3, 0.4) is 0 Å². The number of thioether (sulfide) groups is 1. The van der Waals surface area contributed by atoms with Gasteiger partial charge >= 0.3 is 0 Å². The van der Waals surface area contributed by atoms with E-state index < -0.39 is 0 Å². The number of hydrogen-bond donors (Lipinski definition) is 0. The van der Waals surface area contributed by atoms with Crippen LogP contribution in [0.25, 0.3) is 0 Å². The molecule has 68 valence electrons. The smallest absolute Gasteiger partial charge is 0.0150 e. The molecule has 0 N–H and O–H groups in total. The first-order chi connectivity index (χ1) is 5.70. The van der Waals surface area contributed by atoms with E-state index in [2.05, 4.69) is 13.5 Å². The second-order valence-corrected chi connectivity index (χ2v) is 4.14. The molecule has 0 spiro atoms. The summed E-state index contributed by atoms with van der Waals surface area (Å²) in [5, 5.41) is 0.798. The number of halogens is 1. The zero-order chi connectivity index (χ0) is 9.40. The second-order valence-electron chi connectivity index (χ2n) is 2.38. The minimum atomic E-state index is 0.798. The van der Waals surface area contributed by atoms with Gasteiger partial charge in [0, 0.05) is 9.94 Å². The normalized spacial score (nSPS) is 13.2. The number of hydrogen-bond acceptors (Lipinski definition) is 1. The molecule has 0 unspecified atom stereocenters. The van der Waals surface area contributed by atoms with Gasteiger partial charge in [0.05, 0.1) is 0 Å². The summed E-state index contributed by atoms with van der Waals surface area (Å²) in [4.78, 5) is 1.18. The van der Waals surface area contributed by atoms with Crippen molar-refractivity contribution in [3.8, 4) is 0 Å². The predicted molar refractivity (Wildman–Crippen MR) is 60.6 cm³/mol. The fourth-order valence-corrected chi connectivity index (χ4v) is 1.38. The third kappa shape index (κ3) is 6.56. The standard InChI is InChI=1S/C10H15ClS/c1-4-8-12-10(5-2)7-6-9(3)11/h5-7H,2,4,8H2,1,3H3. The first-order valence-electron chi connectivity index (χ1n) is 4.00. The Kier molecular flexibility index (Phi) is 7.42. The lowest BCUT2D eigenvalue weighted by Gasteiger charge is -1.97. The highest BCUT2D eigenvalue weighted by Crippen LogP contribution is 2.17. The molecule has 0 aromatic heterocycles. The second kappa shape index (κ2) is 7.51. The van der Waals surface area contributed by atoms with Crippen molar-refractivity contribution in [2.45, 2.75) is 20.3 Å². The Morgan fingerprint density at radius 2 is 2.17 bits per heavy atom. The largest absolute Gasteiger partial charge is 0.126 e. The third-order valence-electron chi connectivity index (χ3n) is 1.15. The summed E-state index contributed by atoms with van der Waals surface area (Å²) in [7, 11) is 0. The van der Waals surface area contributed by atoms with Gasteiger partial charge in [-0.25, -0.2) is 0 Å². The summed E-state index contributed by atoms with van der Waals surface area (Å²) >= 11 is 7.49. The molecule has 0 amide bonds. The molecule has 0 rings (SSSR count). The number of allylic oxidation sites excluding steroid dienone is 4. The fourth-order valence-electron chi connectivity index (χ4n) is 0.592. The highest BCUT2D eigenvalue weighted by molar-refractivity contribution is 8.03. The van der Waals surface area contributed by atoms with Gasteiger partial charge < -0.3 is 0 Å². The van der Waals surface area contributed by atoms with E-state index in [0.717, 1.165) is 10.8 Å². The lowest BCUT2D eigenvalue weighted by atomic mass is 10.4. The van der Waals surface area contributed by atoms with Crippen LogP contribution < -0.4 is 0 Å². The molecule has 0 atom stereocenters. The molecule has 0 aliphatic carbocycles. The van der Waals surface area contributed by atoms with Crippen LogP contribution in [0.15, 0.2) is 34.7 Å². The van der Waals surface area contributed by atoms with Gasteiger partial charge in [-0.05, 0) is 31.2 Å². The summed E-state index contributed by atoms with van der Waals surface area (Å²) < 4.78 is 0. The highest BCUT2D eigenvalue weighted by Gasteiger charge is 1.89. The SMILES string of the molecule is C=CC(=CC=C(C)Cl)SCCC. The van der Waals surface area contributed by atoms with Crippen LogP contribution in [0.5, 0.6) is 0 Å². The minimum absolute atomic E-state index is 0.798. The predicted octanol–water partition coefficient (Wildman–Crippen LogP) is 4.34. The number of rotatable bonds is 5. The Labute approximate surface area is 84.4 Å². The lowest BCUT2D eigenvalue weighted by molar-refractivity contribution is 1.11. The van der Waals surface area contributed by atoms with E-state index in [1.807, 2.05) is 25.2 Å². The molecule has 0 saturated carbocycles. The Balaban J connectivity index is 4.04. The quantitative estimate of drug-likeness (QED) is 0.598. The lowest BCUT2D eigenvalue weighted by Crippen LogP contribution is -1.74. The van der Waals surface area contributed by atoms with Gasteiger partial charge in [0.2, 0.25) is 0 Å². The van der Waals surface area contributed by atoms with Crippen molar-refractivity contribution in [3.63, 3.8) is 0 Å². The molecule has 2 heteroatoms. The van der Waals surface area contributed by atoms with Crippen molar-refractivity contribution in [2.75, 3.05) is 5.75 Å². The van der Waals surface area contributed by atoms with Crippen molar-refractivity contribution < 1.29 is 0 Å². The van der Waals surface area contributed by atoms with Crippen LogP contribution in [0.1, 0.15) is 20.3 Å². The van der Waals surface area contributed by atoms with Crippen molar-refractivity contribution in [1.29, 1.82) is 0 Å². The molecular weight excluding hydrogens is 188 g/mol. The van der Waals surface area contributed by atoms with Gasteiger partial charge in [-0.2, -0.15) is 0 Å². The summed E-state index contributed by atoms with van der Waals surface area (Å²) in [6.45, 7) is 7.76. The Hall–Kier alpha value is -0.140. The van der Waals surface area contributed by atoms with Gasteiger partial charge in [0.1, 0.15) is 0 Å². The van der Waals surface area contributed by atoms with E-state index in [4.69, 9.17) is 11.6 Å². The first kappa shape index (κ1) is 11.9. The van der Waals surface area contributed by atoms with E-state index in [1.54, 1.807) is 11.8 Å². The van der Waals surface area contributed by atoms with Gasteiger partial charge in [0.25, 0.3) is 0 Å². The molecule has 0 saturated heterocycles. The van der Waals surface area contributed by atoms with Crippen molar-refractivity contribution in [1.82, 2.24) is 0 Å².